The van der Waals surface area contributed by atoms with Crippen LogP contribution in [0.1, 0.15) is 66.0 Å². The average molecular weight is 407 g/mol. The Morgan fingerprint density at radius 3 is 2.53 bits per heavy atom. The lowest BCUT2D eigenvalue weighted by Crippen LogP contribution is -2.34. The molecule has 1 saturated carbocycles. The van der Waals surface area contributed by atoms with E-state index in [-0.39, 0.29) is 18.8 Å². The molecule has 0 aromatic heterocycles. The third kappa shape index (κ3) is 4.94. The molecule has 1 aliphatic carbocycles. The van der Waals surface area contributed by atoms with Crippen molar-refractivity contribution in [2.75, 3.05) is 6.61 Å². The van der Waals surface area contributed by atoms with Gasteiger partial charge in [-0.1, -0.05) is 42.2 Å². The van der Waals surface area contributed by atoms with Crippen molar-refractivity contribution in [3.05, 3.63) is 70.3 Å². The topological polar surface area (TPSA) is 69.9 Å². The molecule has 0 bridgehead atoms. The van der Waals surface area contributed by atoms with Gasteiger partial charge in [-0.25, -0.2) is 0 Å². The van der Waals surface area contributed by atoms with Crippen LogP contribution in [0.3, 0.4) is 0 Å². The second-order valence-electron chi connectivity index (χ2n) is 8.75. The van der Waals surface area contributed by atoms with Gasteiger partial charge in [0.05, 0.1) is 24.9 Å². The molecule has 4 rings (SSSR count). The molecule has 158 valence electrons. The lowest BCUT2D eigenvalue weighted by Gasteiger charge is -2.32. The number of aliphatic hydroxyl groups excluding tert-OH is 2. The summed E-state index contributed by atoms with van der Waals surface area (Å²) in [4.78, 5) is 0. The number of hydrogen-bond donors (Lipinski definition) is 3. The molecule has 3 atom stereocenters. The van der Waals surface area contributed by atoms with Crippen LogP contribution in [0.25, 0.3) is 0 Å². The second-order valence-corrected chi connectivity index (χ2v) is 8.75. The molecular weight excluding hydrogens is 376 g/mol. The third-order valence-electron chi connectivity index (χ3n) is 6.30. The number of rotatable bonds is 4. The van der Waals surface area contributed by atoms with Crippen molar-refractivity contribution >= 4 is 0 Å². The summed E-state index contributed by atoms with van der Waals surface area (Å²) in [5, 5.41) is 29.7. The van der Waals surface area contributed by atoms with Gasteiger partial charge in [0.25, 0.3) is 0 Å². The molecule has 1 heterocycles. The molecule has 4 heteroatoms. The fourth-order valence-corrected chi connectivity index (χ4v) is 4.16. The fraction of sp³-hybridized carbons (Fsp3) is 0.462. The van der Waals surface area contributed by atoms with E-state index in [9.17, 15) is 15.3 Å². The maximum Gasteiger partial charge on any atom is 0.125 e. The lowest BCUT2D eigenvalue weighted by atomic mass is 9.81. The van der Waals surface area contributed by atoms with Gasteiger partial charge in [-0.15, -0.1) is 0 Å². The molecule has 2 fully saturated rings. The van der Waals surface area contributed by atoms with Crippen molar-refractivity contribution < 1.29 is 20.1 Å². The van der Waals surface area contributed by atoms with Gasteiger partial charge in [0.2, 0.25) is 0 Å². The molecule has 0 spiro atoms. The van der Waals surface area contributed by atoms with Crippen molar-refractivity contribution in [1.29, 1.82) is 0 Å². The summed E-state index contributed by atoms with van der Waals surface area (Å²) in [5.74, 6) is 6.09. The van der Waals surface area contributed by atoms with E-state index < -0.39 is 11.7 Å². The summed E-state index contributed by atoms with van der Waals surface area (Å²) in [6.45, 7) is 2.03. The fourth-order valence-electron chi connectivity index (χ4n) is 4.16. The Bertz CT molecular complexity index is 934. The zero-order valence-electron chi connectivity index (χ0n) is 17.5. The van der Waals surface area contributed by atoms with Gasteiger partial charge in [0.1, 0.15) is 5.60 Å². The van der Waals surface area contributed by atoms with E-state index >= 15 is 0 Å². The summed E-state index contributed by atoms with van der Waals surface area (Å²) >= 11 is 0. The average Bonchev–Trinajstić information content (AvgIpc) is 2.73. The minimum Gasteiger partial charge on any atom is -0.394 e. The summed E-state index contributed by atoms with van der Waals surface area (Å²) in [5.41, 5.74) is 4.82. The Morgan fingerprint density at radius 1 is 1.10 bits per heavy atom. The maximum atomic E-state index is 10.1. The van der Waals surface area contributed by atoms with Gasteiger partial charge in [-0.3, -0.25) is 0 Å². The van der Waals surface area contributed by atoms with Gasteiger partial charge < -0.3 is 20.1 Å². The monoisotopic (exact) mass is 406 g/mol. The highest BCUT2D eigenvalue weighted by Crippen LogP contribution is 2.33. The van der Waals surface area contributed by atoms with Crippen molar-refractivity contribution in [3.8, 4) is 11.8 Å². The van der Waals surface area contributed by atoms with E-state index in [1.807, 2.05) is 12.1 Å². The van der Waals surface area contributed by atoms with Crippen LogP contribution in [0, 0.1) is 18.8 Å². The smallest absolute Gasteiger partial charge is 0.125 e. The van der Waals surface area contributed by atoms with Gasteiger partial charge in [0.15, 0.2) is 0 Å². The van der Waals surface area contributed by atoms with E-state index in [1.54, 1.807) is 0 Å². The van der Waals surface area contributed by atoms with Crippen LogP contribution in [-0.2, 0) is 11.2 Å². The van der Waals surface area contributed by atoms with Crippen LogP contribution in [0.15, 0.2) is 42.5 Å². The highest BCUT2D eigenvalue weighted by molar-refractivity contribution is 5.41. The van der Waals surface area contributed by atoms with Crippen LogP contribution in [0.4, 0.5) is 0 Å². The predicted molar refractivity (Wildman–Crippen MR) is 116 cm³/mol. The number of aliphatic hydroxyl groups is 3. The Balaban J connectivity index is 1.47. The maximum absolute atomic E-state index is 10.1. The highest BCUT2D eigenvalue weighted by atomic mass is 16.5. The van der Waals surface area contributed by atoms with Gasteiger partial charge >= 0.3 is 0 Å². The quantitative estimate of drug-likeness (QED) is 0.681. The normalized spacial score (nSPS) is 25.1. The summed E-state index contributed by atoms with van der Waals surface area (Å²) in [7, 11) is 0. The first-order valence-corrected chi connectivity index (χ1v) is 10.8. The molecule has 1 aliphatic heterocycles. The Hall–Kier alpha value is -2.16. The number of benzene rings is 2. The molecule has 4 nitrogen and oxygen atoms in total. The van der Waals surface area contributed by atoms with Crippen LogP contribution >= 0.6 is 0 Å². The van der Waals surface area contributed by atoms with Crippen molar-refractivity contribution in [1.82, 2.24) is 0 Å². The number of ether oxygens (including phenoxy) is 1. The lowest BCUT2D eigenvalue weighted by molar-refractivity contribution is -0.113. The van der Waals surface area contributed by atoms with Gasteiger partial charge in [0, 0.05) is 18.4 Å². The molecule has 0 radical (unpaired) electrons. The third-order valence-corrected chi connectivity index (χ3v) is 6.30. The molecule has 30 heavy (non-hydrogen) atoms. The summed E-state index contributed by atoms with van der Waals surface area (Å²) in [6.07, 6.45) is 3.48. The Kier molecular flexibility index (Phi) is 6.26. The van der Waals surface area contributed by atoms with E-state index in [0.717, 1.165) is 36.8 Å². The zero-order valence-corrected chi connectivity index (χ0v) is 17.5. The highest BCUT2D eigenvalue weighted by Gasteiger charge is 2.32. The first kappa shape index (κ1) is 21.1. The molecule has 0 amide bonds. The van der Waals surface area contributed by atoms with Crippen LogP contribution in [0.2, 0.25) is 0 Å². The Labute approximate surface area is 178 Å². The minimum absolute atomic E-state index is 0.0705. The first-order chi connectivity index (χ1) is 14.4. The number of hydrogen-bond acceptors (Lipinski definition) is 4. The largest absolute Gasteiger partial charge is 0.394 e. The SMILES string of the molecule is Cc1ccc([C@H]2C[C@@H](O)C[C@@H](CO)O2)cc1Cc1ccc(C#CC2(O)CCC2)cc1. The summed E-state index contributed by atoms with van der Waals surface area (Å²) in [6, 6.07) is 14.5. The van der Waals surface area contributed by atoms with E-state index in [0.29, 0.717) is 12.8 Å². The van der Waals surface area contributed by atoms with E-state index in [2.05, 4.69) is 49.1 Å². The van der Waals surface area contributed by atoms with Crippen molar-refractivity contribution in [2.45, 2.75) is 69.4 Å². The van der Waals surface area contributed by atoms with Crippen LogP contribution in [0.5, 0.6) is 0 Å². The molecule has 3 N–H and O–H groups in total. The van der Waals surface area contributed by atoms with Crippen LogP contribution in [-0.4, -0.2) is 39.7 Å². The zero-order chi connectivity index (χ0) is 21.1. The molecule has 2 aliphatic rings. The van der Waals surface area contributed by atoms with E-state index in [1.165, 1.54) is 16.7 Å². The summed E-state index contributed by atoms with van der Waals surface area (Å²) < 4.78 is 5.98. The Morgan fingerprint density at radius 2 is 1.87 bits per heavy atom. The minimum atomic E-state index is -0.778. The predicted octanol–water partition coefficient (Wildman–Crippen LogP) is 3.43. The van der Waals surface area contributed by atoms with E-state index in [4.69, 9.17) is 4.74 Å². The van der Waals surface area contributed by atoms with Crippen LogP contribution < -0.4 is 0 Å². The number of aryl methyl sites for hydroxylation is 1. The van der Waals surface area contributed by atoms with Gasteiger partial charge in [-0.05, 0) is 67.0 Å². The second kappa shape index (κ2) is 8.91. The van der Waals surface area contributed by atoms with Crippen molar-refractivity contribution in [2.24, 2.45) is 0 Å². The first-order valence-electron chi connectivity index (χ1n) is 10.8. The van der Waals surface area contributed by atoms with Crippen molar-refractivity contribution in [3.63, 3.8) is 0 Å². The molecule has 0 unspecified atom stereocenters. The van der Waals surface area contributed by atoms with Gasteiger partial charge in [-0.2, -0.15) is 0 Å². The standard InChI is InChI=1S/C26H30O4/c1-18-3-8-21(25-16-23(28)15-24(17-27)30-25)14-22(18)13-20-6-4-19(5-7-20)9-12-26(29)10-2-11-26/h3-8,14,23-25,27-29H,2,10-11,13,15-17H2,1H3/t23-,24-,25+/m0/s1. The molecule has 1 saturated heterocycles. The molecule has 2 aromatic carbocycles. The molecular formula is C26H30O4. The molecule has 2 aromatic rings.